The van der Waals surface area contributed by atoms with Gasteiger partial charge in [0.05, 0.1) is 31.9 Å². The molecule has 5 heterocycles. The Balaban J connectivity index is 0.00000152. The van der Waals surface area contributed by atoms with Gasteiger partial charge >= 0.3 is 42.7 Å². The van der Waals surface area contributed by atoms with Crippen LogP contribution in [0.4, 0.5) is 14.4 Å². The van der Waals surface area contributed by atoms with Crippen molar-refractivity contribution in [2.45, 2.75) is 215 Å². The second-order valence-electron chi connectivity index (χ2n) is 32.4. The van der Waals surface area contributed by atoms with E-state index in [2.05, 4.69) is 73.6 Å². The number of nitrogens with one attached hydrogen (secondary N) is 2. The zero-order valence-corrected chi connectivity index (χ0v) is 84.6. The van der Waals surface area contributed by atoms with E-state index in [1.165, 1.54) is 30.1 Å². The van der Waals surface area contributed by atoms with Gasteiger partial charge in [0.1, 0.15) is 66.5 Å². The number of amides is 1. The number of aliphatic hydroxyl groups is 3. The number of alkyl halides is 1. The molecule has 0 spiro atoms. The van der Waals surface area contributed by atoms with Crippen molar-refractivity contribution in [2.75, 3.05) is 59.1 Å². The number of carbonyl (C=O) groups is 4. The van der Waals surface area contributed by atoms with E-state index in [1.54, 1.807) is 82.5 Å². The Morgan fingerprint density at radius 3 is 1.16 bits per heavy atom. The SMILES string of the molecule is CC(C)(C)OC(=O)OC(=O)OC(C)(C)C.CCN(CC)CC.Cc1cc(C)c(C#N)c(=O)[nH]1.Cc1cc(C)c(C#N)c(OCc2ccccc2)n1.Cc1cc(C)c(C=O)c(OCc2ccccc2)n1.Cc1cc(C)c(CN(CCO)C(=O)OC(C)(C)C)c(OCc2ccccc2)n1.Cc1cc(C)c(CNCCO)c(OCc2ccccc2)n1.ClCc1ccccc1.NCCO.[Ag].[O]=[Ag]. The van der Waals surface area contributed by atoms with Crippen LogP contribution in [0.1, 0.15) is 200 Å². The van der Waals surface area contributed by atoms with Gasteiger partial charge < -0.3 is 79.0 Å². The average Bonchev–Trinajstić information content (AvgIpc) is 0.821. The molecule has 1 radical (unpaired) electrons. The van der Waals surface area contributed by atoms with Gasteiger partial charge in [0, 0.05) is 94.0 Å². The van der Waals surface area contributed by atoms with Crippen molar-refractivity contribution in [3.8, 4) is 35.7 Å². The minimum atomic E-state index is -1.06. The van der Waals surface area contributed by atoms with Crippen molar-refractivity contribution in [2.24, 2.45) is 5.73 Å². The summed E-state index contributed by atoms with van der Waals surface area (Å²) < 4.78 is 50.5. The number of halogens is 1. The molecule has 10 aromatic rings. The number of nitrogens with zero attached hydrogens (tertiary/aromatic N) is 8. The predicted octanol–water partition coefficient (Wildman–Crippen LogP) is 18.9. The fraction of sp³-hybridized carbons (Fsp3) is 0.402. The Morgan fingerprint density at radius 2 is 0.827 bits per heavy atom. The van der Waals surface area contributed by atoms with Crippen LogP contribution in [0.5, 0.6) is 23.5 Å². The summed E-state index contributed by atoms with van der Waals surface area (Å²) in [6, 6.07) is 63.0. The molecule has 28 nitrogen and oxygen atoms in total. The molecule has 0 aliphatic rings. The van der Waals surface area contributed by atoms with Crippen LogP contribution in [0.3, 0.4) is 0 Å². The molecular weight excluding hydrogens is 1900 g/mol. The summed E-state index contributed by atoms with van der Waals surface area (Å²) in [6.45, 7) is 48.4. The summed E-state index contributed by atoms with van der Waals surface area (Å²) in [5.41, 5.74) is 19.9. The first-order valence-electron chi connectivity index (χ1n) is 43.0. The fourth-order valence-electron chi connectivity index (χ4n) is 11.3. The van der Waals surface area contributed by atoms with Crippen LogP contribution in [0.2, 0.25) is 0 Å². The number of carbonyl (C=O) groups excluding carboxylic acids is 4. The number of aromatic nitrogens is 5. The Labute approximate surface area is 819 Å². The molecule has 0 saturated heterocycles. The number of aliphatic hydroxyl groups excluding tert-OH is 3. The molecule has 10 rings (SSSR count). The van der Waals surface area contributed by atoms with Gasteiger partial charge in [-0.1, -0.05) is 172 Å². The van der Waals surface area contributed by atoms with Crippen LogP contribution in [-0.4, -0.2) is 151 Å². The van der Waals surface area contributed by atoms with Crippen molar-refractivity contribution in [1.29, 1.82) is 10.5 Å². The van der Waals surface area contributed by atoms with Crippen molar-refractivity contribution in [3.05, 3.63) is 304 Å². The average molecular weight is 2040 g/mol. The number of H-pyrrole nitrogens is 1. The van der Waals surface area contributed by atoms with E-state index < -0.39 is 35.2 Å². The van der Waals surface area contributed by atoms with Crippen LogP contribution in [-0.2, 0) is 111 Å². The van der Waals surface area contributed by atoms with E-state index >= 15 is 0 Å². The van der Waals surface area contributed by atoms with Gasteiger partial charge in [-0.25, -0.2) is 34.3 Å². The summed E-state index contributed by atoms with van der Waals surface area (Å²) >= 11 is 7.23. The molecule has 7 N–H and O–H groups in total. The number of nitriles is 2. The summed E-state index contributed by atoms with van der Waals surface area (Å²) in [4.78, 5) is 80.6. The number of pyridine rings is 5. The molecular formula is C102H136Ag2ClN11O17. The van der Waals surface area contributed by atoms with Crippen LogP contribution in [0.15, 0.2) is 187 Å². The molecule has 5 aromatic heterocycles. The van der Waals surface area contributed by atoms with Gasteiger partial charge in [-0.3, -0.25) is 9.59 Å². The summed E-state index contributed by atoms with van der Waals surface area (Å²) in [5, 5.41) is 46.8. The molecule has 730 valence electrons. The third kappa shape index (κ3) is 53.4. The molecule has 133 heavy (non-hydrogen) atoms. The zero-order valence-electron chi connectivity index (χ0n) is 80.9. The van der Waals surface area contributed by atoms with Crippen molar-refractivity contribution in [1.82, 2.24) is 40.0 Å². The third-order valence-electron chi connectivity index (χ3n) is 17.5. The normalized spacial score (nSPS) is 10.2. The van der Waals surface area contributed by atoms with Gasteiger partial charge in [-0.05, 0) is 237 Å². The second-order valence-corrected chi connectivity index (χ2v) is 32.6. The second kappa shape index (κ2) is 67.9. The maximum atomic E-state index is 12.6. The first-order chi connectivity index (χ1) is 62.6. The Kier molecular flexibility index (Phi) is 62.2. The predicted molar refractivity (Wildman–Crippen MR) is 512 cm³/mol. The van der Waals surface area contributed by atoms with Crippen LogP contribution in [0.25, 0.3) is 0 Å². The zero-order chi connectivity index (χ0) is 99.4. The number of aryl methyl sites for hydroxylation is 10. The summed E-state index contributed by atoms with van der Waals surface area (Å²) in [6.07, 6.45) is -1.80. The number of rotatable bonds is 26. The number of hydrogen-bond donors (Lipinski definition) is 6. The minimum absolute atomic E-state index is 0. The topological polar surface area (TPSA) is 396 Å². The molecule has 0 saturated carbocycles. The number of benzene rings is 5. The monoisotopic (exact) mass is 2040 g/mol. The number of aromatic amines is 1. The summed E-state index contributed by atoms with van der Waals surface area (Å²) in [5.74, 6) is 2.60. The van der Waals surface area contributed by atoms with E-state index in [4.69, 9.17) is 74.5 Å². The van der Waals surface area contributed by atoms with Gasteiger partial charge in [0.2, 0.25) is 23.5 Å². The Bertz CT molecular complexity index is 5120. The molecule has 0 unspecified atom stereocenters. The first-order valence-corrected chi connectivity index (χ1v) is 44.1. The molecule has 5 aromatic carbocycles. The standard InChI is InChI=1S/C22H30N2O4.C17H22N2O2.C15H14N2O.C15H15NO2.C10H18O5.C8H8N2O.C7H7Cl.C6H15N.C2H7NO.2Ag.O/c1-16-13-17(2)23-20(27-15-18-9-7-6-8-10-18)19(16)14-24(11-12-25)21(26)28-22(3,4)5;1-13-10-14(2)19-17(16(13)11-18-8-9-20)21-12-15-6-4-3-5-7-15;1-11-8-12(2)17-15(14(11)9-16)18-10-13-6-4-3-5-7-13;1-11-8-12(2)16-15(14(11)9-17)18-10-13-6-4-3-5-7-13;1-9(2,3)14-7(11)13-8(12)15-10(4,5)6;1-5-3-6(2)10-8(11)7(5)4-9;8-6-7-4-2-1-3-5-7;1-4-7(5-2)6-3;3-1-2-4;;;/h6-10,13,25H,11-12,14-15H2,1-5H3;3-7,10,18,20H,8-9,11-12H2,1-2H3;3-8H,10H2,1-2H3;3-9H,10H2,1-2H3;1-6H3;3H,1-2H3,(H,10,11);1-5H,6H2;4-6H2,1-3H3;4H,1-3H2;;;. The first kappa shape index (κ1) is 122. The fourth-order valence-corrected chi connectivity index (χ4v) is 11.5. The van der Waals surface area contributed by atoms with Gasteiger partial charge in [-0.15, -0.1) is 11.6 Å². The van der Waals surface area contributed by atoms with Crippen LogP contribution >= 0.6 is 11.6 Å². The summed E-state index contributed by atoms with van der Waals surface area (Å²) in [7, 11) is 0. The number of ether oxygens (including phenoxy) is 8. The van der Waals surface area contributed by atoms with Gasteiger partial charge in [0.25, 0.3) is 5.56 Å². The number of aldehydes is 1. The van der Waals surface area contributed by atoms with Gasteiger partial charge in [0.15, 0.2) is 6.29 Å². The number of hydrogen-bond acceptors (Lipinski definition) is 26. The maximum absolute atomic E-state index is 12.6. The molecule has 1 amide bonds. The van der Waals surface area contributed by atoms with E-state index in [1.807, 2.05) is 251 Å². The van der Waals surface area contributed by atoms with E-state index in [9.17, 15) is 29.1 Å². The van der Waals surface area contributed by atoms with Gasteiger partial charge in [-0.2, -0.15) is 10.5 Å². The van der Waals surface area contributed by atoms with E-state index in [-0.39, 0.29) is 66.4 Å². The van der Waals surface area contributed by atoms with Crippen molar-refractivity contribution >= 4 is 36.3 Å². The molecule has 0 aliphatic carbocycles. The van der Waals surface area contributed by atoms with Crippen LogP contribution < -0.4 is 35.6 Å². The molecule has 0 atom stereocenters. The number of nitrogens with two attached hydrogens (primary N) is 1. The quantitative estimate of drug-likeness (QED) is 0.00558. The molecule has 0 bridgehead atoms. The van der Waals surface area contributed by atoms with Crippen molar-refractivity contribution in [3.63, 3.8) is 0 Å². The molecule has 0 fully saturated rings. The van der Waals surface area contributed by atoms with Crippen molar-refractivity contribution < 1.29 is 119 Å². The van der Waals surface area contributed by atoms with Crippen LogP contribution in [0, 0.1) is 91.9 Å². The van der Waals surface area contributed by atoms with E-state index in [0.29, 0.717) is 86.6 Å². The Morgan fingerprint density at radius 1 is 0.489 bits per heavy atom. The van der Waals surface area contributed by atoms with E-state index in [0.717, 1.165) is 96.0 Å². The molecule has 0 aliphatic heterocycles. The third-order valence-corrected chi connectivity index (χ3v) is 17.8. The molecule has 31 heteroatoms. The Hall–Kier alpha value is -11.2.